The highest BCUT2D eigenvalue weighted by molar-refractivity contribution is 6.36. The van der Waals surface area contributed by atoms with E-state index in [0.717, 1.165) is 12.1 Å². The van der Waals surface area contributed by atoms with Crippen molar-refractivity contribution in [2.45, 2.75) is 50.7 Å². The summed E-state index contributed by atoms with van der Waals surface area (Å²) >= 11 is 6.64. The molecule has 1 aliphatic carbocycles. The van der Waals surface area contributed by atoms with E-state index in [2.05, 4.69) is 5.32 Å². The lowest BCUT2D eigenvalue weighted by atomic mass is 9.70. The van der Waals surface area contributed by atoms with Crippen molar-refractivity contribution in [3.05, 3.63) is 92.1 Å². The van der Waals surface area contributed by atoms with E-state index in [9.17, 15) is 24.0 Å². The SMILES string of the molecule is COc1ccc(-c2oc3c(c2CC(=O)NCCC(=O)N2CC4CC(C2)c2cccc(=O)n2C4)C(=O)C2(Oc4c(Cl)c(OC)cc(OC)c4C2=O)C(C)C3)cc1. The van der Waals surface area contributed by atoms with Crippen LogP contribution in [0, 0.1) is 11.8 Å². The number of rotatable bonds is 9. The fourth-order valence-electron chi connectivity index (χ4n) is 8.77. The number of pyridine rings is 1. The molecule has 2 amide bonds. The summed E-state index contributed by atoms with van der Waals surface area (Å²) < 4.78 is 30.8. The number of furan rings is 1. The van der Waals surface area contributed by atoms with E-state index in [-0.39, 0.29) is 82.5 Å². The molecule has 4 aromatic rings. The average Bonchev–Trinajstić information content (AvgIpc) is 3.70. The zero-order valence-electron chi connectivity index (χ0n) is 30.9. The van der Waals surface area contributed by atoms with Gasteiger partial charge in [0.05, 0.1) is 33.3 Å². The lowest BCUT2D eigenvalue weighted by Crippen LogP contribution is -2.56. The number of methoxy groups -OCH3 is 3. The molecule has 2 aromatic heterocycles. The van der Waals surface area contributed by atoms with Gasteiger partial charge in [-0.2, -0.15) is 0 Å². The first-order valence-corrected chi connectivity index (χ1v) is 18.6. The molecule has 3 aliphatic heterocycles. The van der Waals surface area contributed by atoms with Gasteiger partial charge in [0, 0.05) is 79.8 Å². The van der Waals surface area contributed by atoms with Crippen molar-refractivity contribution >= 4 is 35.0 Å². The molecule has 1 fully saturated rings. The maximum absolute atomic E-state index is 14.9. The molecular weight excluding hydrogens is 730 g/mol. The highest BCUT2D eigenvalue weighted by atomic mass is 35.5. The Kier molecular flexibility index (Phi) is 9.23. The first-order valence-electron chi connectivity index (χ1n) is 18.2. The molecule has 0 radical (unpaired) electrons. The topological polar surface area (TPSA) is 156 Å². The minimum absolute atomic E-state index is 0.00944. The molecule has 4 unspecified atom stereocenters. The molecule has 8 rings (SSSR count). The lowest BCUT2D eigenvalue weighted by Gasteiger charge is -2.42. The quantitative estimate of drug-likeness (QED) is 0.233. The maximum atomic E-state index is 14.9. The van der Waals surface area contributed by atoms with E-state index >= 15 is 0 Å². The van der Waals surface area contributed by atoms with Crippen LogP contribution in [0.15, 0.2) is 57.7 Å². The van der Waals surface area contributed by atoms with E-state index in [1.54, 1.807) is 50.4 Å². The second-order valence-corrected chi connectivity index (χ2v) is 15.0. The number of fused-ring (bicyclic) bond motifs is 6. The van der Waals surface area contributed by atoms with E-state index in [4.69, 9.17) is 35.0 Å². The average molecular weight is 770 g/mol. The van der Waals surface area contributed by atoms with Crippen LogP contribution in [-0.4, -0.2) is 79.4 Å². The van der Waals surface area contributed by atoms with Gasteiger partial charge in [0.25, 0.3) is 5.56 Å². The van der Waals surface area contributed by atoms with Crippen molar-refractivity contribution in [1.29, 1.82) is 0 Å². The summed E-state index contributed by atoms with van der Waals surface area (Å²) in [5, 5.41) is 2.89. The normalized spacial score (nSPS) is 22.1. The summed E-state index contributed by atoms with van der Waals surface area (Å²) in [4.78, 5) is 70.6. The predicted octanol–water partition coefficient (Wildman–Crippen LogP) is 4.87. The van der Waals surface area contributed by atoms with Crippen LogP contribution in [0.4, 0.5) is 0 Å². The number of benzene rings is 2. The van der Waals surface area contributed by atoms with Crippen LogP contribution in [0.3, 0.4) is 0 Å². The number of carbonyl (C=O) groups is 4. The number of hydrogen-bond donors (Lipinski definition) is 1. The van der Waals surface area contributed by atoms with Crippen LogP contribution in [0.5, 0.6) is 23.0 Å². The molecule has 4 aliphatic rings. The molecule has 0 saturated carbocycles. The van der Waals surface area contributed by atoms with Gasteiger partial charge in [0.2, 0.25) is 29.0 Å². The Labute approximate surface area is 321 Å². The molecule has 1 N–H and O–H groups in total. The number of carbonyl (C=O) groups excluding carboxylic acids is 4. The van der Waals surface area contributed by atoms with Gasteiger partial charge in [-0.25, -0.2) is 0 Å². The Morgan fingerprint density at radius 3 is 2.42 bits per heavy atom. The summed E-state index contributed by atoms with van der Waals surface area (Å²) in [6, 6.07) is 13.8. The smallest absolute Gasteiger partial charge is 0.250 e. The standard InChI is InChI=1S/C41H40ClN3O10/c1-21-14-29-34(39(49)41(21)40(50)35-28(52-3)17-30(53-4)36(42)38(35)55-41)26(37(54-29)23-8-10-25(51-2)11-9-23)16-31(46)43-13-12-32(47)44-18-22-15-24(20-44)27-6-5-7-33(48)45(27)19-22/h5-11,17,21-22,24H,12-16,18-20H2,1-4H3,(H,43,46). The number of nitrogens with one attached hydrogen (secondary N) is 1. The number of aromatic nitrogens is 1. The lowest BCUT2D eigenvalue weighted by molar-refractivity contribution is -0.133. The van der Waals surface area contributed by atoms with Gasteiger partial charge < -0.3 is 38.1 Å². The van der Waals surface area contributed by atoms with Gasteiger partial charge in [0.1, 0.15) is 39.4 Å². The molecule has 55 heavy (non-hydrogen) atoms. The highest BCUT2D eigenvalue weighted by Crippen LogP contribution is 2.54. The number of piperidine rings is 1. The molecule has 2 aromatic carbocycles. The van der Waals surface area contributed by atoms with Crippen LogP contribution in [0.2, 0.25) is 5.02 Å². The van der Waals surface area contributed by atoms with E-state index < -0.39 is 29.0 Å². The van der Waals surface area contributed by atoms with Gasteiger partial charge in [-0.05, 0) is 42.7 Å². The van der Waals surface area contributed by atoms with Crippen molar-refractivity contribution in [3.63, 3.8) is 0 Å². The molecule has 1 saturated heterocycles. The van der Waals surface area contributed by atoms with Crippen LogP contribution in [0.1, 0.15) is 63.4 Å². The Morgan fingerprint density at radius 2 is 1.69 bits per heavy atom. The molecule has 1 spiro atoms. The minimum atomic E-state index is -2.00. The Hall–Kier alpha value is -5.56. The zero-order chi connectivity index (χ0) is 38.8. The molecular formula is C41H40ClN3O10. The van der Waals surface area contributed by atoms with Gasteiger partial charge in [0.15, 0.2) is 5.75 Å². The number of hydrogen-bond acceptors (Lipinski definition) is 10. The second-order valence-electron chi connectivity index (χ2n) is 14.6. The molecule has 13 nitrogen and oxygen atoms in total. The Bertz CT molecular complexity index is 2310. The third-order valence-electron chi connectivity index (χ3n) is 11.4. The Morgan fingerprint density at radius 1 is 0.945 bits per heavy atom. The number of amides is 2. The number of Topliss-reactive ketones (excluding diaryl/α,β-unsaturated/α-hetero) is 2. The molecule has 4 atom stereocenters. The van der Waals surface area contributed by atoms with Crippen LogP contribution >= 0.6 is 11.6 Å². The first-order chi connectivity index (χ1) is 26.5. The van der Waals surface area contributed by atoms with Crippen LogP contribution < -0.4 is 29.8 Å². The Balaban J connectivity index is 1.05. The van der Waals surface area contributed by atoms with E-state index in [0.29, 0.717) is 48.0 Å². The molecule has 2 bridgehead atoms. The first kappa shape index (κ1) is 36.4. The van der Waals surface area contributed by atoms with Crippen molar-refractivity contribution in [3.8, 4) is 34.3 Å². The monoisotopic (exact) mass is 769 g/mol. The summed E-state index contributed by atoms with van der Waals surface area (Å²) in [7, 11) is 4.36. The van der Waals surface area contributed by atoms with E-state index in [1.165, 1.54) is 20.3 Å². The van der Waals surface area contributed by atoms with Crippen LogP contribution in [0.25, 0.3) is 11.3 Å². The van der Waals surface area contributed by atoms with Crippen molar-refractivity contribution in [2.75, 3.05) is 41.0 Å². The zero-order valence-corrected chi connectivity index (χ0v) is 31.6. The number of nitrogens with zero attached hydrogens (tertiary/aromatic N) is 2. The van der Waals surface area contributed by atoms with Crippen molar-refractivity contribution in [2.24, 2.45) is 11.8 Å². The van der Waals surface area contributed by atoms with Crippen molar-refractivity contribution < 1.29 is 42.5 Å². The van der Waals surface area contributed by atoms with Gasteiger partial charge in [-0.15, -0.1) is 0 Å². The van der Waals surface area contributed by atoms with Crippen LogP contribution in [-0.2, 0) is 29.0 Å². The van der Waals surface area contributed by atoms with Crippen molar-refractivity contribution in [1.82, 2.24) is 14.8 Å². The molecule has 286 valence electrons. The highest BCUT2D eigenvalue weighted by Gasteiger charge is 2.63. The fourth-order valence-corrected chi connectivity index (χ4v) is 9.03. The third-order valence-corrected chi connectivity index (χ3v) is 11.8. The fraction of sp³-hybridized carbons (Fsp3) is 0.390. The maximum Gasteiger partial charge on any atom is 0.250 e. The van der Waals surface area contributed by atoms with Gasteiger partial charge >= 0.3 is 0 Å². The second kappa shape index (κ2) is 13.9. The molecule has 14 heteroatoms. The van der Waals surface area contributed by atoms with E-state index in [1.807, 2.05) is 15.5 Å². The van der Waals surface area contributed by atoms with Gasteiger partial charge in [-0.3, -0.25) is 24.0 Å². The summed E-state index contributed by atoms with van der Waals surface area (Å²) in [5.41, 5.74) is -0.0505. The predicted molar refractivity (Wildman–Crippen MR) is 200 cm³/mol. The number of ketones is 2. The minimum Gasteiger partial charge on any atom is -0.497 e. The number of halogens is 1. The summed E-state index contributed by atoms with van der Waals surface area (Å²) in [5.74, 6) is -0.628. The number of likely N-dealkylation sites (tertiary alicyclic amines) is 1. The third kappa shape index (κ3) is 5.87. The summed E-state index contributed by atoms with van der Waals surface area (Å²) in [6.45, 7) is 3.44. The van der Waals surface area contributed by atoms with Gasteiger partial charge in [-0.1, -0.05) is 24.6 Å². The number of ether oxygens (including phenoxy) is 4. The summed E-state index contributed by atoms with van der Waals surface area (Å²) in [6.07, 6.45) is 0.872. The molecule has 5 heterocycles. The largest absolute Gasteiger partial charge is 0.497 e.